The summed E-state index contributed by atoms with van der Waals surface area (Å²) >= 11 is 0. The maximum absolute atomic E-state index is 12.2. The molecule has 0 radical (unpaired) electrons. The van der Waals surface area contributed by atoms with Gasteiger partial charge in [-0.15, -0.1) is 0 Å². The van der Waals surface area contributed by atoms with Crippen LogP contribution in [0.25, 0.3) is 0 Å². The van der Waals surface area contributed by atoms with Gasteiger partial charge in [0.15, 0.2) is 0 Å². The molecule has 0 spiro atoms. The van der Waals surface area contributed by atoms with Gasteiger partial charge in [0.1, 0.15) is 11.6 Å². The van der Waals surface area contributed by atoms with Crippen molar-refractivity contribution in [3.8, 4) is 0 Å². The summed E-state index contributed by atoms with van der Waals surface area (Å²) in [5, 5.41) is 3.92. The van der Waals surface area contributed by atoms with Crippen molar-refractivity contribution in [2.45, 2.75) is 6.92 Å². The minimum absolute atomic E-state index is 0.198. The van der Waals surface area contributed by atoms with Crippen LogP contribution in [0.1, 0.15) is 21.5 Å². The summed E-state index contributed by atoms with van der Waals surface area (Å²) in [6.45, 7) is 1.84. The monoisotopic (exact) mass is 231 g/mol. The predicted molar refractivity (Wildman–Crippen MR) is 64.4 cm³/mol. The van der Waals surface area contributed by atoms with E-state index in [4.69, 9.17) is 11.5 Å². The van der Waals surface area contributed by atoms with E-state index >= 15 is 0 Å². The van der Waals surface area contributed by atoms with Crippen molar-refractivity contribution >= 4 is 17.4 Å². The van der Waals surface area contributed by atoms with Crippen LogP contribution in [0.15, 0.2) is 18.5 Å². The summed E-state index contributed by atoms with van der Waals surface area (Å²) in [6.07, 6.45) is 3.04. The van der Waals surface area contributed by atoms with Crippen LogP contribution >= 0.6 is 0 Å². The number of rotatable bonds is 2. The number of aromatic nitrogens is 3. The van der Waals surface area contributed by atoms with Crippen molar-refractivity contribution < 1.29 is 4.79 Å². The quantitative estimate of drug-likeness (QED) is 0.734. The topological polar surface area (TPSA) is 99.8 Å². The number of nitrogen functional groups attached to an aromatic ring is 2. The minimum atomic E-state index is -0.260. The molecule has 6 nitrogen and oxygen atoms in total. The van der Waals surface area contributed by atoms with Gasteiger partial charge in [-0.05, 0) is 18.6 Å². The highest BCUT2D eigenvalue weighted by molar-refractivity contribution is 6.13. The van der Waals surface area contributed by atoms with Crippen LogP contribution in [0, 0.1) is 6.92 Å². The van der Waals surface area contributed by atoms with Crippen molar-refractivity contribution in [2.75, 3.05) is 11.5 Å². The van der Waals surface area contributed by atoms with Crippen molar-refractivity contribution in [1.29, 1.82) is 0 Å². The van der Waals surface area contributed by atoms with Gasteiger partial charge in [-0.2, -0.15) is 5.10 Å². The third kappa shape index (κ3) is 1.84. The van der Waals surface area contributed by atoms with E-state index in [0.717, 1.165) is 5.56 Å². The Morgan fingerprint density at radius 1 is 1.29 bits per heavy atom. The number of carbonyl (C=O) groups is 1. The van der Waals surface area contributed by atoms with Gasteiger partial charge in [0.05, 0.1) is 17.3 Å². The second-order valence-electron chi connectivity index (χ2n) is 3.84. The molecule has 0 amide bonds. The third-order valence-corrected chi connectivity index (χ3v) is 2.53. The zero-order valence-electron chi connectivity index (χ0n) is 9.64. The lowest BCUT2D eigenvalue weighted by atomic mass is 10.1. The van der Waals surface area contributed by atoms with E-state index in [9.17, 15) is 4.79 Å². The Hall–Kier alpha value is -2.37. The maximum Gasteiger partial charge on any atom is 0.202 e. The molecule has 17 heavy (non-hydrogen) atoms. The van der Waals surface area contributed by atoms with Crippen molar-refractivity contribution in [3.05, 3.63) is 35.2 Å². The average molecular weight is 231 g/mol. The second-order valence-corrected chi connectivity index (χ2v) is 3.84. The van der Waals surface area contributed by atoms with Crippen LogP contribution in [0.5, 0.6) is 0 Å². The molecule has 0 bridgehead atoms. The molecule has 2 aromatic rings. The van der Waals surface area contributed by atoms with Gasteiger partial charge in [-0.3, -0.25) is 9.48 Å². The van der Waals surface area contributed by atoms with Crippen LogP contribution in [0.4, 0.5) is 11.6 Å². The molecule has 0 unspecified atom stereocenters. The van der Waals surface area contributed by atoms with Crippen LogP contribution in [0.3, 0.4) is 0 Å². The van der Waals surface area contributed by atoms with Gasteiger partial charge in [0, 0.05) is 13.2 Å². The number of carbonyl (C=O) groups excluding carboxylic acids is 1. The summed E-state index contributed by atoms with van der Waals surface area (Å²) in [6, 6.07) is 1.69. The highest BCUT2D eigenvalue weighted by Crippen LogP contribution is 2.19. The molecule has 2 rings (SSSR count). The van der Waals surface area contributed by atoms with Crippen LogP contribution in [0.2, 0.25) is 0 Å². The Bertz CT molecular complexity index is 588. The minimum Gasteiger partial charge on any atom is -0.383 e. The van der Waals surface area contributed by atoms with Gasteiger partial charge in [0.25, 0.3) is 0 Å². The van der Waals surface area contributed by atoms with E-state index in [1.54, 1.807) is 19.3 Å². The zero-order valence-corrected chi connectivity index (χ0v) is 9.64. The predicted octanol–water partition coefficient (Wildman–Crippen LogP) is 0.519. The number of aryl methyl sites for hydroxylation is 2. The first kappa shape index (κ1) is 11.1. The molecular weight excluding hydrogens is 218 g/mol. The Labute approximate surface area is 98.3 Å². The number of ketones is 1. The molecule has 0 aliphatic heterocycles. The normalized spacial score (nSPS) is 10.5. The van der Waals surface area contributed by atoms with Gasteiger partial charge in [-0.1, -0.05) is 0 Å². The summed E-state index contributed by atoms with van der Waals surface area (Å²) in [5.74, 6) is 0.254. The van der Waals surface area contributed by atoms with Crippen LogP contribution < -0.4 is 11.5 Å². The smallest absolute Gasteiger partial charge is 0.202 e. The molecular formula is C11H13N5O. The van der Waals surface area contributed by atoms with Gasteiger partial charge >= 0.3 is 0 Å². The van der Waals surface area contributed by atoms with Crippen molar-refractivity contribution in [3.63, 3.8) is 0 Å². The second kappa shape index (κ2) is 3.89. The van der Waals surface area contributed by atoms with E-state index in [-0.39, 0.29) is 11.6 Å². The van der Waals surface area contributed by atoms with Crippen LogP contribution in [-0.2, 0) is 7.05 Å². The lowest BCUT2D eigenvalue weighted by Gasteiger charge is -2.04. The van der Waals surface area contributed by atoms with Crippen molar-refractivity contribution in [2.24, 2.45) is 7.05 Å². The summed E-state index contributed by atoms with van der Waals surface area (Å²) in [5.41, 5.74) is 13.0. The Balaban J connectivity index is 2.51. The number of nitrogens with two attached hydrogens (primary N) is 2. The molecule has 0 saturated carbocycles. The number of pyridine rings is 1. The highest BCUT2D eigenvalue weighted by Gasteiger charge is 2.18. The fourth-order valence-electron chi connectivity index (χ4n) is 1.53. The van der Waals surface area contributed by atoms with Gasteiger partial charge in [-0.25, -0.2) is 4.98 Å². The molecule has 0 fully saturated rings. The standard InChI is InChI=1S/C11H13N5O/c1-6-3-7(10(12)14-4-6)9(17)8-5-15-16(2)11(8)13/h3-5H,13H2,1-2H3,(H2,12,14). The SMILES string of the molecule is Cc1cnc(N)c(C(=O)c2cnn(C)c2N)c1. The van der Waals surface area contributed by atoms with Gasteiger partial charge < -0.3 is 11.5 Å². The molecule has 0 aromatic carbocycles. The maximum atomic E-state index is 12.2. The fraction of sp³-hybridized carbons (Fsp3) is 0.182. The largest absolute Gasteiger partial charge is 0.383 e. The highest BCUT2D eigenvalue weighted by atomic mass is 16.1. The fourth-order valence-corrected chi connectivity index (χ4v) is 1.53. The van der Waals surface area contributed by atoms with E-state index in [1.165, 1.54) is 10.9 Å². The molecule has 0 aliphatic rings. The van der Waals surface area contributed by atoms with E-state index in [2.05, 4.69) is 10.1 Å². The molecule has 88 valence electrons. The first-order chi connectivity index (χ1) is 8.00. The molecule has 0 saturated heterocycles. The van der Waals surface area contributed by atoms with Crippen LogP contribution in [-0.4, -0.2) is 20.5 Å². The lowest BCUT2D eigenvalue weighted by Crippen LogP contribution is -2.09. The molecule has 0 aliphatic carbocycles. The molecule has 2 heterocycles. The zero-order chi connectivity index (χ0) is 12.6. The number of anilines is 2. The third-order valence-electron chi connectivity index (χ3n) is 2.53. The Kier molecular flexibility index (Phi) is 2.55. The summed E-state index contributed by atoms with van der Waals surface area (Å²) < 4.78 is 1.44. The Morgan fingerprint density at radius 3 is 2.59 bits per heavy atom. The molecule has 4 N–H and O–H groups in total. The molecule has 2 aromatic heterocycles. The first-order valence-electron chi connectivity index (χ1n) is 5.05. The van der Waals surface area contributed by atoms with E-state index in [0.29, 0.717) is 16.9 Å². The Morgan fingerprint density at radius 2 is 2.00 bits per heavy atom. The first-order valence-corrected chi connectivity index (χ1v) is 5.05. The lowest BCUT2D eigenvalue weighted by molar-refractivity contribution is 0.104. The van der Waals surface area contributed by atoms with E-state index in [1.807, 2.05) is 6.92 Å². The summed E-state index contributed by atoms with van der Waals surface area (Å²) in [7, 11) is 1.67. The number of hydrogen-bond donors (Lipinski definition) is 2. The summed E-state index contributed by atoms with van der Waals surface area (Å²) in [4.78, 5) is 16.2. The van der Waals surface area contributed by atoms with Crippen molar-refractivity contribution in [1.82, 2.24) is 14.8 Å². The average Bonchev–Trinajstić information content (AvgIpc) is 2.62. The van der Waals surface area contributed by atoms with Gasteiger partial charge in [0.2, 0.25) is 5.78 Å². The number of nitrogens with zero attached hydrogens (tertiary/aromatic N) is 3. The molecule has 0 atom stereocenters. The number of hydrogen-bond acceptors (Lipinski definition) is 5. The molecule has 6 heteroatoms. The van der Waals surface area contributed by atoms with E-state index < -0.39 is 0 Å².